The molecule has 0 unspecified atom stereocenters. The third-order valence-electron chi connectivity index (χ3n) is 5.15. The number of fused-ring (bicyclic) bond motifs is 1. The second kappa shape index (κ2) is 7.64. The maximum atomic E-state index is 12.6. The zero-order valence-electron chi connectivity index (χ0n) is 16.4. The Kier molecular flexibility index (Phi) is 4.68. The number of rotatable bonds is 4. The Bertz CT molecular complexity index is 1210. The quantitative estimate of drug-likeness (QED) is 0.530. The van der Waals surface area contributed by atoms with Crippen LogP contribution in [0.4, 0.5) is 5.95 Å². The van der Waals surface area contributed by atoms with Crippen molar-refractivity contribution in [1.29, 1.82) is 0 Å². The van der Waals surface area contributed by atoms with Crippen molar-refractivity contribution >= 4 is 22.8 Å². The molecule has 0 bridgehead atoms. The Morgan fingerprint density at radius 1 is 1.27 bits per heavy atom. The van der Waals surface area contributed by atoms with Crippen LogP contribution in [0.3, 0.4) is 0 Å². The average molecular weight is 404 g/mol. The molecule has 152 valence electrons. The smallest absolute Gasteiger partial charge is 0.279 e. The molecule has 1 saturated heterocycles. The topological polar surface area (TPSA) is 124 Å². The predicted molar refractivity (Wildman–Crippen MR) is 109 cm³/mol. The van der Waals surface area contributed by atoms with Crippen LogP contribution in [0, 0.1) is 0 Å². The standard InChI is InChI=1S/C20H20N8O2/c1-28-10-16(26-27-28)13-2-3-14-9-22-20(24-15(14)8-13)25-18(29)17-11-30-19(23-17)12-4-6-21-7-5-12/h2-3,8-12,21H,4-7H2,1H3,(H,22,24,25,29). The van der Waals surface area contributed by atoms with Crippen molar-refractivity contribution in [2.45, 2.75) is 18.8 Å². The molecule has 2 N–H and O–H groups in total. The molecule has 0 atom stereocenters. The van der Waals surface area contributed by atoms with Crippen molar-refractivity contribution in [3.05, 3.63) is 48.4 Å². The highest BCUT2D eigenvalue weighted by Crippen LogP contribution is 2.25. The number of nitrogens with one attached hydrogen (secondary N) is 2. The molecular weight excluding hydrogens is 384 g/mol. The highest BCUT2D eigenvalue weighted by atomic mass is 16.3. The van der Waals surface area contributed by atoms with Gasteiger partial charge in [-0.3, -0.25) is 14.8 Å². The molecule has 0 spiro atoms. The predicted octanol–water partition coefficient (Wildman–Crippen LogP) is 2.13. The fourth-order valence-corrected chi connectivity index (χ4v) is 3.54. The number of benzene rings is 1. The van der Waals surface area contributed by atoms with E-state index in [9.17, 15) is 4.79 Å². The number of aryl methyl sites for hydroxylation is 1. The van der Waals surface area contributed by atoms with Gasteiger partial charge >= 0.3 is 0 Å². The summed E-state index contributed by atoms with van der Waals surface area (Å²) < 4.78 is 7.18. The number of piperidine rings is 1. The first-order valence-electron chi connectivity index (χ1n) is 9.77. The normalized spacial score (nSPS) is 14.8. The van der Waals surface area contributed by atoms with E-state index in [0.717, 1.165) is 42.6 Å². The Morgan fingerprint density at radius 2 is 2.13 bits per heavy atom. The van der Waals surface area contributed by atoms with Gasteiger partial charge < -0.3 is 9.73 Å². The number of nitrogens with zero attached hydrogens (tertiary/aromatic N) is 6. The van der Waals surface area contributed by atoms with Gasteiger partial charge in [-0.2, -0.15) is 0 Å². The van der Waals surface area contributed by atoms with Gasteiger partial charge in [-0.05, 0) is 32.0 Å². The molecule has 0 saturated carbocycles. The van der Waals surface area contributed by atoms with Crippen LogP contribution in [0.1, 0.15) is 35.1 Å². The monoisotopic (exact) mass is 404 g/mol. The van der Waals surface area contributed by atoms with Gasteiger partial charge in [-0.1, -0.05) is 17.3 Å². The molecular formula is C20H20N8O2. The van der Waals surface area contributed by atoms with Crippen LogP contribution >= 0.6 is 0 Å². The first-order chi connectivity index (χ1) is 14.7. The third-order valence-corrected chi connectivity index (χ3v) is 5.15. The minimum atomic E-state index is -0.400. The maximum Gasteiger partial charge on any atom is 0.279 e. The molecule has 1 fully saturated rings. The molecule has 10 heteroatoms. The minimum Gasteiger partial charge on any atom is -0.448 e. The van der Waals surface area contributed by atoms with Crippen LogP contribution in [-0.2, 0) is 7.05 Å². The summed E-state index contributed by atoms with van der Waals surface area (Å²) in [5, 5.41) is 14.9. The van der Waals surface area contributed by atoms with E-state index in [2.05, 4.69) is 35.9 Å². The maximum absolute atomic E-state index is 12.6. The number of hydrogen-bond acceptors (Lipinski definition) is 8. The van der Waals surface area contributed by atoms with Gasteiger partial charge in [0.15, 0.2) is 11.6 Å². The van der Waals surface area contributed by atoms with E-state index in [0.29, 0.717) is 11.4 Å². The van der Waals surface area contributed by atoms with Crippen molar-refractivity contribution in [3.63, 3.8) is 0 Å². The second-order valence-electron chi connectivity index (χ2n) is 7.29. The lowest BCUT2D eigenvalue weighted by atomic mass is 9.98. The van der Waals surface area contributed by atoms with E-state index in [1.807, 2.05) is 31.4 Å². The number of carbonyl (C=O) groups excluding carboxylic acids is 1. The van der Waals surface area contributed by atoms with Gasteiger partial charge in [0, 0.05) is 30.1 Å². The first kappa shape index (κ1) is 18.4. The van der Waals surface area contributed by atoms with Crippen molar-refractivity contribution < 1.29 is 9.21 Å². The van der Waals surface area contributed by atoms with Crippen molar-refractivity contribution in [2.75, 3.05) is 18.4 Å². The van der Waals surface area contributed by atoms with Crippen LogP contribution < -0.4 is 10.6 Å². The van der Waals surface area contributed by atoms with Gasteiger partial charge in [-0.15, -0.1) is 5.10 Å². The highest BCUT2D eigenvalue weighted by Gasteiger charge is 2.22. The SMILES string of the molecule is Cn1cc(-c2ccc3cnc(NC(=O)c4coc(C5CCNCC5)n4)nc3c2)nn1. The summed E-state index contributed by atoms with van der Waals surface area (Å²) in [5.41, 5.74) is 2.55. The second-order valence-corrected chi connectivity index (χ2v) is 7.29. The zero-order valence-corrected chi connectivity index (χ0v) is 16.4. The van der Waals surface area contributed by atoms with E-state index in [1.165, 1.54) is 6.26 Å². The summed E-state index contributed by atoms with van der Waals surface area (Å²) >= 11 is 0. The summed E-state index contributed by atoms with van der Waals surface area (Å²) in [6, 6.07) is 5.74. The molecule has 0 radical (unpaired) electrons. The lowest BCUT2D eigenvalue weighted by Crippen LogP contribution is -2.26. The molecule has 3 aromatic heterocycles. The first-order valence-corrected chi connectivity index (χ1v) is 9.77. The molecule has 1 aliphatic rings. The number of amides is 1. The lowest BCUT2D eigenvalue weighted by Gasteiger charge is -2.19. The van der Waals surface area contributed by atoms with E-state index >= 15 is 0 Å². The molecule has 5 rings (SSSR count). The Morgan fingerprint density at radius 3 is 2.93 bits per heavy atom. The minimum absolute atomic E-state index is 0.204. The van der Waals surface area contributed by atoms with Gasteiger partial charge in [0.1, 0.15) is 12.0 Å². The molecule has 30 heavy (non-hydrogen) atoms. The van der Waals surface area contributed by atoms with Crippen LogP contribution in [0.2, 0.25) is 0 Å². The van der Waals surface area contributed by atoms with Crippen molar-refractivity contribution in [1.82, 2.24) is 35.3 Å². The van der Waals surface area contributed by atoms with E-state index in [1.54, 1.807) is 10.9 Å². The number of aromatic nitrogens is 6. The molecule has 1 aromatic carbocycles. The summed E-state index contributed by atoms with van der Waals surface area (Å²) in [6.45, 7) is 1.85. The summed E-state index contributed by atoms with van der Waals surface area (Å²) in [6.07, 6.45) is 6.78. The summed E-state index contributed by atoms with van der Waals surface area (Å²) in [5.74, 6) is 0.650. The van der Waals surface area contributed by atoms with Gasteiger partial charge in [0.2, 0.25) is 5.95 Å². The lowest BCUT2D eigenvalue weighted by molar-refractivity contribution is 0.102. The molecule has 10 nitrogen and oxygen atoms in total. The number of anilines is 1. The third kappa shape index (κ3) is 3.64. The van der Waals surface area contributed by atoms with Gasteiger partial charge in [0.05, 0.1) is 11.7 Å². The summed E-state index contributed by atoms with van der Waals surface area (Å²) in [4.78, 5) is 25.7. The van der Waals surface area contributed by atoms with Crippen LogP contribution in [0.5, 0.6) is 0 Å². The molecule has 4 aromatic rings. The van der Waals surface area contributed by atoms with Crippen LogP contribution in [-0.4, -0.2) is 48.9 Å². The van der Waals surface area contributed by atoms with Crippen LogP contribution in [0.25, 0.3) is 22.2 Å². The highest BCUT2D eigenvalue weighted by molar-refractivity contribution is 6.02. The molecule has 1 aliphatic heterocycles. The number of oxazole rings is 1. The Balaban J connectivity index is 1.35. The molecule has 1 amide bonds. The van der Waals surface area contributed by atoms with Crippen molar-refractivity contribution in [2.24, 2.45) is 7.05 Å². The number of carbonyl (C=O) groups is 1. The molecule has 0 aliphatic carbocycles. The molecule has 4 heterocycles. The van der Waals surface area contributed by atoms with Crippen LogP contribution in [0.15, 0.2) is 41.3 Å². The Hall–Kier alpha value is -3.66. The van der Waals surface area contributed by atoms with E-state index < -0.39 is 5.91 Å². The number of hydrogen-bond donors (Lipinski definition) is 2. The average Bonchev–Trinajstić information content (AvgIpc) is 3.43. The largest absolute Gasteiger partial charge is 0.448 e. The van der Waals surface area contributed by atoms with E-state index in [-0.39, 0.29) is 17.6 Å². The van der Waals surface area contributed by atoms with Gasteiger partial charge in [-0.25, -0.2) is 15.0 Å². The van der Waals surface area contributed by atoms with E-state index in [4.69, 9.17) is 4.42 Å². The fourth-order valence-electron chi connectivity index (χ4n) is 3.54. The zero-order chi connectivity index (χ0) is 20.5. The van der Waals surface area contributed by atoms with Gasteiger partial charge in [0.25, 0.3) is 5.91 Å². The summed E-state index contributed by atoms with van der Waals surface area (Å²) in [7, 11) is 1.81. The Labute approximate surface area is 171 Å². The van der Waals surface area contributed by atoms with Crippen molar-refractivity contribution in [3.8, 4) is 11.3 Å². The fraction of sp³-hybridized carbons (Fsp3) is 0.300.